The van der Waals surface area contributed by atoms with Crippen molar-refractivity contribution in [1.29, 1.82) is 0 Å². The lowest BCUT2D eigenvalue weighted by molar-refractivity contribution is -0.154. The van der Waals surface area contributed by atoms with E-state index in [9.17, 15) is 9.59 Å². The maximum absolute atomic E-state index is 12.7. The first-order valence-corrected chi connectivity index (χ1v) is 9.39. The van der Waals surface area contributed by atoms with Crippen LogP contribution in [0.5, 0.6) is 5.75 Å². The van der Waals surface area contributed by atoms with Gasteiger partial charge in [-0.05, 0) is 23.6 Å². The predicted octanol–water partition coefficient (Wildman–Crippen LogP) is 2.54. The van der Waals surface area contributed by atoms with Crippen molar-refractivity contribution in [3.63, 3.8) is 0 Å². The van der Waals surface area contributed by atoms with Crippen molar-refractivity contribution in [2.24, 2.45) is 0 Å². The SMILES string of the molecule is CCc1ccccc1OCCN1C(=O)CN(C)C(=O)[C@H]1Cc1ccccc1. The van der Waals surface area contributed by atoms with Crippen LogP contribution in [-0.2, 0) is 22.4 Å². The third-order valence-corrected chi connectivity index (χ3v) is 4.95. The zero-order valence-electron chi connectivity index (χ0n) is 15.9. The lowest BCUT2D eigenvalue weighted by Gasteiger charge is -2.39. The number of amides is 2. The Morgan fingerprint density at radius 1 is 1.04 bits per heavy atom. The topological polar surface area (TPSA) is 49.9 Å². The Labute approximate surface area is 160 Å². The molecule has 0 N–H and O–H groups in total. The number of aryl methyl sites for hydroxylation is 1. The first-order valence-electron chi connectivity index (χ1n) is 9.39. The van der Waals surface area contributed by atoms with Crippen LogP contribution >= 0.6 is 0 Å². The normalized spacial score (nSPS) is 17.3. The van der Waals surface area contributed by atoms with Crippen LogP contribution in [0.2, 0.25) is 0 Å². The molecule has 1 heterocycles. The van der Waals surface area contributed by atoms with Crippen molar-refractivity contribution in [3.8, 4) is 5.75 Å². The van der Waals surface area contributed by atoms with Gasteiger partial charge in [0.1, 0.15) is 18.4 Å². The minimum atomic E-state index is -0.483. The van der Waals surface area contributed by atoms with E-state index in [1.807, 2.05) is 54.6 Å². The van der Waals surface area contributed by atoms with Crippen LogP contribution in [0.1, 0.15) is 18.1 Å². The largest absolute Gasteiger partial charge is 0.491 e. The number of piperazine rings is 1. The fourth-order valence-corrected chi connectivity index (χ4v) is 3.44. The van der Waals surface area contributed by atoms with Gasteiger partial charge in [-0.1, -0.05) is 55.5 Å². The molecule has 142 valence electrons. The molecule has 2 aromatic rings. The summed E-state index contributed by atoms with van der Waals surface area (Å²) in [5, 5.41) is 0. The van der Waals surface area contributed by atoms with Gasteiger partial charge in [0.05, 0.1) is 13.1 Å². The number of hydrogen-bond donors (Lipinski definition) is 0. The first-order chi connectivity index (χ1) is 13.1. The maximum Gasteiger partial charge on any atom is 0.245 e. The third kappa shape index (κ3) is 4.48. The van der Waals surface area contributed by atoms with Crippen LogP contribution in [-0.4, -0.2) is 54.4 Å². The van der Waals surface area contributed by atoms with Gasteiger partial charge in [0.25, 0.3) is 0 Å². The van der Waals surface area contributed by atoms with Gasteiger partial charge in [0.15, 0.2) is 0 Å². The highest BCUT2D eigenvalue weighted by molar-refractivity contribution is 5.94. The zero-order valence-corrected chi connectivity index (χ0v) is 15.9. The number of hydrogen-bond acceptors (Lipinski definition) is 3. The van der Waals surface area contributed by atoms with Crippen molar-refractivity contribution >= 4 is 11.8 Å². The first kappa shape index (κ1) is 19.0. The minimum Gasteiger partial charge on any atom is -0.491 e. The average molecular weight is 366 g/mol. The van der Waals surface area contributed by atoms with Gasteiger partial charge in [-0.25, -0.2) is 0 Å². The van der Waals surface area contributed by atoms with E-state index in [0.717, 1.165) is 23.3 Å². The molecule has 1 atom stereocenters. The predicted molar refractivity (Wildman–Crippen MR) is 105 cm³/mol. The smallest absolute Gasteiger partial charge is 0.245 e. The second-order valence-corrected chi connectivity index (χ2v) is 6.80. The van der Waals surface area contributed by atoms with E-state index in [-0.39, 0.29) is 18.4 Å². The van der Waals surface area contributed by atoms with E-state index >= 15 is 0 Å². The van der Waals surface area contributed by atoms with E-state index in [2.05, 4.69) is 6.92 Å². The molecule has 1 aliphatic heterocycles. The van der Waals surface area contributed by atoms with Gasteiger partial charge in [-0.15, -0.1) is 0 Å². The summed E-state index contributed by atoms with van der Waals surface area (Å²) >= 11 is 0. The molecule has 0 aliphatic carbocycles. The van der Waals surface area contributed by atoms with E-state index in [4.69, 9.17) is 4.74 Å². The van der Waals surface area contributed by atoms with Crippen LogP contribution in [0.25, 0.3) is 0 Å². The van der Waals surface area contributed by atoms with E-state index < -0.39 is 6.04 Å². The molecular formula is C22H26N2O3. The standard InChI is InChI=1S/C22H26N2O3/c1-3-18-11-7-8-12-20(18)27-14-13-24-19(15-17-9-5-4-6-10-17)22(26)23(2)16-21(24)25/h4-12,19H,3,13-16H2,1-2H3/t19-/m1/s1. The van der Waals surface area contributed by atoms with Gasteiger partial charge in [-0.3, -0.25) is 9.59 Å². The fraction of sp³-hybridized carbons (Fsp3) is 0.364. The van der Waals surface area contributed by atoms with Crippen LogP contribution in [0, 0.1) is 0 Å². The van der Waals surface area contributed by atoms with Crippen LogP contribution in [0.3, 0.4) is 0 Å². The van der Waals surface area contributed by atoms with Crippen LogP contribution < -0.4 is 4.74 Å². The van der Waals surface area contributed by atoms with Crippen LogP contribution in [0.15, 0.2) is 54.6 Å². The van der Waals surface area contributed by atoms with Crippen molar-refractivity contribution in [3.05, 3.63) is 65.7 Å². The molecule has 1 fully saturated rings. The molecule has 0 saturated carbocycles. The minimum absolute atomic E-state index is 0.0209. The van der Waals surface area contributed by atoms with Crippen molar-refractivity contribution < 1.29 is 14.3 Å². The van der Waals surface area contributed by atoms with E-state index in [1.165, 1.54) is 4.90 Å². The average Bonchev–Trinajstić information content (AvgIpc) is 2.69. The fourth-order valence-electron chi connectivity index (χ4n) is 3.44. The molecule has 0 bridgehead atoms. The maximum atomic E-state index is 12.7. The summed E-state index contributed by atoms with van der Waals surface area (Å²) in [6.45, 7) is 2.97. The number of nitrogens with zero attached hydrogens (tertiary/aromatic N) is 2. The molecule has 27 heavy (non-hydrogen) atoms. The van der Waals surface area contributed by atoms with Crippen molar-refractivity contribution in [2.75, 3.05) is 26.7 Å². The summed E-state index contributed by atoms with van der Waals surface area (Å²) < 4.78 is 5.92. The van der Waals surface area contributed by atoms with Gasteiger partial charge in [-0.2, -0.15) is 0 Å². The molecule has 5 nitrogen and oxygen atoms in total. The second kappa shape index (κ2) is 8.71. The Morgan fingerprint density at radius 2 is 1.74 bits per heavy atom. The molecule has 3 rings (SSSR count). The Morgan fingerprint density at radius 3 is 2.48 bits per heavy atom. The van der Waals surface area contributed by atoms with Crippen molar-refractivity contribution in [1.82, 2.24) is 9.80 Å². The van der Waals surface area contributed by atoms with Gasteiger partial charge in [0.2, 0.25) is 11.8 Å². The van der Waals surface area contributed by atoms with Crippen molar-refractivity contribution in [2.45, 2.75) is 25.8 Å². The number of carbonyl (C=O) groups is 2. The second-order valence-electron chi connectivity index (χ2n) is 6.80. The molecular weight excluding hydrogens is 340 g/mol. The molecule has 1 saturated heterocycles. The Bertz CT molecular complexity index is 791. The highest BCUT2D eigenvalue weighted by atomic mass is 16.5. The summed E-state index contributed by atoms with van der Waals surface area (Å²) in [6.07, 6.45) is 1.40. The third-order valence-electron chi connectivity index (χ3n) is 4.95. The molecule has 2 amide bonds. The quantitative estimate of drug-likeness (QED) is 0.757. The number of rotatable bonds is 7. The molecule has 5 heteroatoms. The molecule has 1 aliphatic rings. The Balaban J connectivity index is 1.70. The molecule has 2 aromatic carbocycles. The summed E-state index contributed by atoms with van der Waals surface area (Å²) in [7, 11) is 1.68. The molecule has 0 aromatic heterocycles. The molecule has 0 unspecified atom stereocenters. The lowest BCUT2D eigenvalue weighted by atomic mass is 10.0. The van der Waals surface area contributed by atoms with Crippen LogP contribution in [0.4, 0.5) is 0 Å². The number of ether oxygens (including phenoxy) is 1. The number of likely N-dealkylation sites (N-methyl/N-ethyl adjacent to an activating group) is 1. The Kier molecular flexibility index (Phi) is 6.12. The molecule has 0 spiro atoms. The zero-order chi connectivity index (χ0) is 19.2. The van der Waals surface area contributed by atoms with E-state index in [0.29, 0.717) is 19.6 Å². The van der Waals surface area contributed by atoms with Gasteiger partial charge in [0, 0.05) is 13.5 Å². The van der Waals surface area contributed by atoms with E-state index in [1.54, 1.807) is 11.9 Å². The van der Waals surface area contributed by atoms with Gasteiger partial charge >= 0.3 is 0 Å². The monoisotopic (exact) mass is 366 g/mol. The summed E-state index contributed by atoms with van der Waals surface area (Å²) in [6, 6.07) is 17.2. The number of carbonyl (C=O) groups excluding carboxylic acids is 2. The Hall–Kier alpha value is -2.82. The highest BCUT2D eigenvalue weighted by Crippen LogP contribution is 2.20. The summed E-state index contributed by atoms with van der Waals surface area (Å²) in [4.78, 5) is 28.5. The summed E-state index contributed by atoms with van der Waals surface area (Å²) in [5.41, 5.74) is 2.18. The summed E-state index contributed by atoms with van der Waals surface area (Å²) in [5.74, 6) is 0.783. The number of benzene rings is 2. The molecule has 0 radical (unpaired) electrons. The highest BCUT2D eigenvalue weighted by Gasteiger charge is 2.37. The number of para-hydroxylation sites is 1. The lowest BCUT2D eigenvalue weighted by Crippen LogP contribution is -2.60. The van der Waals surface area contributed by atoms with Gasteiger partial charge < -0.3 is 14.5 Å².